The number of nitrogens with one attached hydrogen (secondary N) is 1. The van der Waals surface area contributed by atoms with Crippen LogP contribution in [0.4, 0.5) is 0 Å². The molecule has 0 radical (unpaired) electrons. The average molecular weight is 251 g/mol. The van der Waals surface area contributed by atoms with Gasteiger partial charge in [0, 0.05) is 27.9 Å². The zero-order valence-corrected chi connectivity index (χ0v) is 12.2. The molecule has 0 bridgehead atoms. The van der Waals surface area contributed by atoms with E-state index in [0.717, 1.165) is 6.42 Å². The van der Waals surface area contributed by atoms with E-state index in [0.29, 0.717) is 6.61 Å². The van der Waals surface area contributed by atoms with Crippen LogP contribution in [0.5, 0.6) is 0 Å². The van der Waals surface area contributed by atoms with Crippen molar-refractivity contribution >= 4 is 8.80 Å². The highest BCUT2D eigenvalue weighted by Crippen LogP contribution is 2.15. The van der Waals surface area contributed by atoms with Gasteiger partial charge in [-0.25, -0.2) is 0 Å². The molecule has 0 aliphatic heterocycles. The Morgan fingerprint density at radius 3 is 1.88 bits per heavy atom. The van der Waals surface area contributed by atoms with Gasteiger partial charge in [-0.05, 0) is 20.3 Å². The van der Waals surface area contributed by atoms with E-state index < -0.39 is 8.80 Å². The van der Waals surface area contributed by atoms with Gasteiger partial charge in [0.15, 0.2) is 0 Å². The van der Waals surface area contributed by atoms with Crippen LogP contribution in [0.2, 0.25) is 0 Å². The molecule has 0 aromatic heterocycles. The predicted molar refractivity (Wildman–Crippen MR) is 65.1 cm³/mol. The molecule has 98 valence electrons. The molecule has 5 nitrogen and oxygen atoms in total. The molecule has 0 saturated heterocycles. The van der Waals surface area contributed by atoms with Crippen molar-refractivity contribution in [3.8, 4) is 0 Å². The molecule has 0 aliphatic carbocycles. The summed E-state index contributed by atoms with van der Waals surface area (Å²) in [7, 11) is 2.23. The van der Waals surface area contributed by atoms with Crippen LogP contribution in [0, 0.1) is 0 Å². The van der Waals surface area contributed by atoms with Crippen molar-refractivity contribution in [2.75, 3.05) is 27.9 Å². The Kier molecular flexibility index (Phi) is 8.17. The van der Waals surface area contributed by atoms with Crippen molar-refractivity contribution in [2.24, 2.45) is 0 Å². The van der Waals surface area contributed by atoms with Crippen molar-refractivity contribution in [2.45, 2.75) is 39.1 Å². The third kappa shape index (κ3) is 4.12. The summed E-state index contributed by atoms with van der Waals surface area (Å²) in [5, 5.41) is 3.33. The van der Waals surface area contributed by atoms with Crippen LogP contribution in [-0.4, -0.2) is 48.6 Å². The van der Waals surface area contributed by atoms with Crippen molar-refractivity contribution < 1.29 is 18.0 Å². The van der Waals surface area contributed by atoms with Gasteiger partial charge < -0.3 is 18.0 Å². The van der Waals surface area contributed by atoms with Crippen LogP contribution >= 0.6 is 0 Å². The maximum atomic E-state index is 5.45. The van der Waals surface area contributed by atoms with Crippen molar-refractivity contribution in [1.29, 1.82) is 0 Å². The molecule has 0 aromatic rings. The molecule has 0 spiro atoms. The number of rotatable bonds is 9. The predicted octanol–water partition coefficient (Wildman–Crippen LogP) is 1.15. The van der Waals surface area contributed by atoms with E-state index in [4.69, 9.17) is 18.0 Å². The van der Waals surface area contributed by atoms with Crippen LogP contribution < -0.4 is 5.32 Å². The lowest BCUT2D eigenvalue weighted by atomic mass is 10.4. The first-order chi connectivity index (χ1) is 7.60. The lowest BCUT2D eigenvalue weighted by Gasteiger charge is -2.34. The molecule has 1 N–H and O–H groups in total. The third-order valence-electron chi connectivity index (χ3n) is 2.54. The van der Waals surface area contributed by atoms with E-state index in [2.05, 4.69) is 12.2 Å². The van der Waals surface area contributed by atoms with E-state index in [1.807, 2.05) is 13.8 Å². The smallest absolute Gasteiger partial charge is 0.376 e. The minimum Gasteiger partial charge on any atom is -0.376 e. The molecule has 0 amide bonds. The molecule has 0 aromatic carbocycles. The van der Waals surface area contributed by atoms with Crippen LogP contribution in [0.25, 0.3) is 0 Å². The fourth-order valence-corrected chi connectivity index (χ4v) is 4.02. The molecule has 0 fully saturated rings. The van der Waals surface area contributed by atoms with E-state index >= 15 is 0 Å². The summed E-state index contributed by atoms with van der Waals surface area (Å²) < 4.78 is 21.8. The first-order valence-electron chi connectivity index (χ1n) is 5.63. The van der Waals surface area contributed by atoms with Gasteiger partial charge in [-0.1, -0.05) is 6.92 Å². The van der Waals surface area contributed by atoms with Crippen LogP contribution in [-0.2, 0) is 18.0 Å². The van der Waals surface area contributed by atoms with Gasteiger partial charge in [0.25, 0.3) is 0 Å². The van der Waals surface area contributed by atoms with Crippen molar-refractivity contribution in [3.63, 3.8) is 0 Å². The van der Waals surface area contributed by atoms with E-state index in [9.17, 15) is 0 Å². The highest BCUT2D eigenvalue weighted by molar-refractivity contribution is 6.62. The minimum absolute atomic E-state index is 0.0362. The van der Waals surface area contributed by atoms with Gasteiger partial charge in [0.2, 0.25) is 0 Å². The first kappa shape index (κ1) is 16.0. The molecule has 2 atom stereocenters. The zero-order chi connectivity index (χ0) is 12.6. The number of hydrogen-bond acceptors (Lipinski definition) is 5. The first-order valence-corrected chi connectivity index (χ1v) is 7.43. The van der Waals surface area contributed by atoms with Gasteiger partial charge in [-0.2, -0.15) is 0 Å². The lowest BCUT2D eigenvalue weighted by Crippen LogP contribution is -2.62. The second-order valence-electron chi connectivity index (χ2n) is 3.44. The Labute approximate surface area is 99.8 Å². The van der Waals surface area contributed by atoms with E-state index in [1.54, 1.807) is 21.3 Å². The molecular formula is C10H25NO4Si. The zero-order valence-electron chi connectivity index (χ0n) is 11.2. The van der Waals surface area contributed by atoms with Gasteiger partial charge in [-0.15, -0.1) is 0 Å². The molecule has 2 unspecified atom stereocenters. The second kappa shape index (κ2) is 8.16. The molecule has 16 heavy (non-hydrogen) atoms. The maximum Gasteiger partial charge on any atom is 0.518 e. The summed E-state index contributed by atoms with van der Waals surface area (Å²) in [5.41, 5.74) is 0.0362. The highest BCUT2D eigenvalue weighted by Gasteiger charge is 2.46. The molecule has 6 heteroatoms. The number of hydrogen-bond donors (Lipinski definition) is 1. The van der Waals surface area contributed by atoms with Crippen LogP contribution in [0.15, 0.2) is 0 Å². The Bertz CT molecular complexity index is 170. The lowest BCUT2D eigenvalue weighted by molar-refractivity contribution is 0.0329. The normalized spacial score (nSPS) is 16.1. The summed E-state index contributed by atoms with van der Waals surface area (Å²) in [6.45, 7) is 6.67. The molecule has 0 heterocycles. The largest absolute Gasteiger partial charge is 0.518 e. The Balaban J connectivity index is 4.54. The molecule has 0 rings (SSSR count). The van der Waals surface area contributed by atoms with E-state index in [1.165, 1.54) is 0 Å². The molecule has 0 aliphatic rings. The minimum atomic E-state index is -2.63. The second-order valence-corrected chi connectivity index (χ2v) is 6.57. The van der Waals surface area contributed by atoms with Gasteiger partial charge in [0.05, 0.1) is 5.67 Å². The average Bonchev–Trinajstić information content (AvgIpc) is 2.30. The summed E-state index contributed by atoms with van der Waals surface area (Å²) in [4.78, 5) is 0. The number of ether oxygens (including phenoxy) is 1. The SMILES string of the molecule is CCOC(C)NC(CC)[Si](OC)(OC)OC. The topological polar surface area (TPSA) is 49.0 Å². The van der Waals surface area contributed by atoms with E-state index in [-0.39, 0.29) is 11.9 Å². The maximum absolute atomic E-state index is 5.45. The summed E-state index contributed by atoms with van der Waals surface area (Å²) in [6.07, 6.45) is 0.821. The van der Waals surface area contributed by atoms with Gasteiger partial charge in [0.1, 0.15) is 6.23 Å². The highest BCUT2D eigenvalue weighted by atomic mass is 28.4. The van der Waals surface area contributed by atoms with Gasteiger partial charge >= 0.3 is 8.80 Å². The third-order valence-corrected chi connectivity index (χ3v) is 5.68. The Morgan fingerprint density at radius 1 is 1.06 bits per heavy atom. The summed E-state index contributed by atoms with van der Waals surface area (Å²) in [6, 6.07) is 0. The van der Waals surface area contributed by atoms with Crippen molar-refractivity contribution in [3.05, 3.63) is 0 Å². The fourth-order valence-electron chi connectivity index (χ4n) is 1.73. The summed E-state index contributed by atoms with van der Waals surface area (Å²) >= 11 is 0. The Morgan fingerprint density at radius 2 is 1.56 bits per heavy atom. The van der Waals surface area contributed by atoms with Gasteiger partial charge in [-0.3, -0.25) is 5.32 Å². The molecule has 0 saturated carbocycles. The summed E-state index contributed by atoms with van der Waals surface area (Å²) in [5.74, 6) is 0. The van der Waals surface area contributed by atoms with Crippen LogP contribution in [0.3, 0.4) is 0 Å². The monoisotopic (exact) mass is 251 g/mol. The fraction of sp³-hybridized carbons (Fsp3) is 1.00. The molecular weight excluding hydrogens is 226 g/mol. The van der Waals surface area contributed by atoms with Crippen molar-refractivity contribution in [1.82, 2.24) is 5.32 Å². The quantitative estimate of drug-likeness (QED) is 0.492. The van der Waals surface area contributed by atoms with Crippen LogP contribution in [0.1, 0.15) is 27.2 Å². The standard InChI is InChI=1S/C10H25NO4Si/c1-7-10(11-9(3)15-8-2)16(12-4,13-5)14-6/h9-11H,7-8H2,1-6H3. The Hall–Kier alpha value is 0.0169.